The minimum absolute atomic E-state index is 0.0501. The van der Waals surface area contributed by atoms with Crippen LogP contribution in [0.25, 0.3) is 5.76 Å². The van der Waals surface area contributed by atoms with Crippen molar-refractivity contribution in [3.05, 3.63) is 77.9 Å². The zero-order chi connectivity index (χ0) is 24.0. The van der Waals surface area contributed by atoms with Crippen LogP contribution in [0.4, 0.5) is 0 Å². The van der Waals surface area contributed by atoms with Crippen LogP contribution < -0.4 is 9.47 Å². The molecule has 1 aliphatic rings. The number of carbonyl (C=O) groups excluding carboxylic acids is 2. The molecule has 7 nitrogen and oxygen atoms in total. The minimum Gasteiger partial charge on any atom is -0.507 e. The van der Waals surface area contributed by atoms with Gasteiger partial charge in [-0.15, -0.1) is 0 Å². The molecule has 1 N–H and O–H groups in total. The smallest absolute Gasteiger partial charge is 0.295 e. The predicted molar refractivity (Wildman–Crippen MR) is 127 cm³/mol. The molecule has 0 aromatic heterocycles. The second kappa shape index (κ2) is 10.8. The Labute approximate surface area is 194 Å². The van der Waals surface area contributed by atoms with Gasteiger partial charge in [-0.3, -0.25) is 9.59 Å². The van der Waals surface area contributed by atoms with Gasteiger partial charge in [-0.25, -0.2) is 0 Å². The molecule has 2 aromatic carbocycles. The van der Waals surface area contributed by atoms with Crippen LogP contribution in [0.15, 0.2) is 66.8 Å². The van der Waals surface area contributed by atoms with Crippen molar-refractivity contribution in [2.75, 3.05) is 40.9 Å². The summed E-state index contributed by atoms with van der Waals surface area (Å²) in [6.45, 7) is 5.15. The number of hydrogen-bond acceptors (Lipinski definition) is 6. The predicted octanol–water partition coefficient (Wildman–Crippen LogP) is 3.63. The van der Waals surface area contributed by atoms with Crippen LogP contribution >= 0.6 is 0 Å². The Kier molecular flexibility index (Phi) is 7.90. The average Bonchev–Trinajstić information content (AvgIpc) is 3.07. The number of para-hydroxylation sites is 1. The van der Waals surface area contributed by atoms with E-state index in [2.05, 4.69) is 6.58 Å². The number of hydrogen-bond donors (Lipinski definition) is 1. The van der Waals surface area contributed by atoms with E-state index < -0.39 is 17.7 Å². The van der Waals surface area contributed by atoms with E-state index in [1.54, 1.807) is 42.5 Å². The van der Waals surface area contributed by atoms with Gasteiger partial charge in [-0.2, -0.15) is 0 Å². The molecule has 3 rings (SSSR count). The Balaban J connectivity index is 2.08. The molecule has 7 heteroatoms. The molecular weight excluding hydrogens is 420 g/mol. The lowest BCUT2D eigenvalue weighted by Gasteiger charge is -2.26. The maximum atomic E-state index is 13.1. The van der Waals surface area contributed by atoms with Crippen molar-refractivity contribution in [1.29, 1.82) is 0 Å². The molecular formula is C26H30N2O5. The quantitative estimate of drug-likeness (QED) is 0.258. The van der Waals surface area contributed by atoms with Crippen molar-refractivity contribution >= 4 is 17.4 Å². The molecule has 1 aliphatic heterocycles. The van der Waals surface area contributed by atoms with Crippen molar-refractivity contribution in [2.24, 2.45) is 0 Å². The molecule has 1 saturated heterocycles. The highest BCUT2D eigenvalue weighted by atomic mass is 16.5. The number of ether oxygens (including phenoxy) is 2. The van der Waals surface area contributed by atoms with Gasteiger partial charge in [0, 0.05) is 6.54 Å². The number of likely N-dealkylation sites (tertiary alicyclic amines) is 1. The van der Waals surface area contributed by atoms with Crippen molar-refractivity contribution in [1.82, 2.24) is 9.80 Å². The van der Waals surface area contributed by atoms with Gasteiger partial charge in [0.1, 0.15) is 23.9 Å². The SMILES string of the molecule is C=CCOc1ccc(C2/C(=C(\O)c3ccccc3OC)C(=O)C(=O)N2CCCN(C)C)cc1. The number of aliphatic hydroxyl groups excluding tert-OH is 1. The summed E-state index contributed by atoms with van der Waals surface area (Å²) < 4.78 is 10.9. The van der Waals surface area contributed by atoms with Crippen LogP contribution in [0, 0.1) is 0 Å². The number of methoxy groups -OCH3 is 1. The summed E-state index contributed by atoms with van der Waals surface area (Å²) in [7, 11) is 5.40. The monoisotopic (exact) mass is 450 g/mol. The summed E-state index contributed by atoms with van der Waals surface area (Å²) in [5, 5.41) is 11.2. The van der Waals surface area contributed by atoms with Crippen molar-refractivity contribution in [2.45, 2.75) is 12.5 Å². The first-order valence-electron chi connectivity index (χ1n) is 10.8. The summed E-state index contributed by atoms with van der Waals surface area (Å²) in [5.74, 6) is -0.519. The summed E-state index contributed by atoms with van der Waals surface area (Å²) in [4.78, 5) is 29.7. The number of amides is 1. The van der Waals surface area contributed by atoms with Gasteiger partial charge in [-0.1, -0.05) is 36.9 Å². The van der Waals surface area contributed by atoms with Gasteiger partial charge in [0.25, 0.3) is 11.7 Å². The van der Waals surface area contributed by atoms with Gasteiger partial charge in [-0.05, 0) is 56.9 Å². The molecule has 0 aliphatic carbocycles. The Morgan fingerprint density at radius 2 is 1.85 bits per heavy atom. The van der Waals surface area contributed by atoms with E-state index in [1.165, 1.54) is 12.0 Å². The molecule has 1 amide bonds. The standard InChI is InChI=1S/C26H30N2O5/c1-5-17-33-19-13-11-18(12-14-19)23-22(24(29)20-9-6-7-10-21(20)32-4)25(30)26(31)28(23)16-8-15-27(2)3/h5-7,9-14,23,29H,1,8,15-17H2,2-4H3/b24-22+. The maximum absolute atomic E-state index is 13.1. The summed E-state index contributed by atoms with van der Waals surface area (Å²) in [6, 6.07) is 13.3. The van der Waals surface area contributed by atoms with Crippen LogP contribution in [0.1, 0.15) is 23.6 Å². The third-order valence-electron chi connectivity index (χ3n) is 5.47. The van der Waals surface area contributed by atoms with E-state index in [1.807, 2.05) is 31.1 Å². The van der Waals surface area contributed by atoms with Gasteiger partial charge in [0.15, 0.2) is 0 Å². The van der Waals surface area contributed by atoms with Crippen LogP contribution in [0.2, 0.25) is 0 Å². The molecule has 0 saturated carbocycles. The molecule has 0 bridgehead atoms. The maximum Gasteiger partial charge on any atom is 0.295 e. The molecule has 33 heavy (non-hydrogen) atoms. The molecule has 1 atom stereocenters. The highest BCUT2D eigenvalue weighted by molar-refractivity contribution is 6.46. The number of nitrogens with zero attached hydrogens (tertiary/aromatic N) is 2. The van der Waals surface area contributed by atoms with Crippen LogP contribution in [0.5, 0.6) is 11.5 Å². The molecule has 0 spiro atoms. The van der Waals surface area contributed by atoms with Crippen molar-refractivity contribution in [3.8, 4) is 11.5 Å². The third kappa shape index (κ3) is 5.26. The largest absolute Gasteiger partial charge is 0.507 e. The number of benzene rings is 2. The van der Waals surface area contributed by atoms with Crippen LogP contribution in [-0.4, -0.2) is 67.5 Å². The summed E-state index contributed by atoms with van der Waals surface area (Å²) in [5.41, 5.74) is 1.12. The summed E-state index contributed by atoms with van der Waals surface area (Å²) in [6.07, 6.45) is 2.34. The number of ketones is 1. The Hall–Kier alpha value is -3.58. The van der Waals surface area contributed by atoms with Crippen LogP contribution in [-0.2, 0) is 9.59 Å². The molecule has 0 radical (unpaired) electrons. The zero-order valence-electron chi connectivity index (χ0n) is 19.3. The van der Waals surface area contributed by atoms with E-state index in [9.17, 15) is 14.7 Å². The molecule has 1 fully saturated rings. The second-order valence-corrected chi connectivity index (χ2v) is 8.02. The topological polar surface area (TPSA) is 79.3 Å². The molecule has 2 aromatic rings. The Bertz CT molecular complexity index is 1040. The van der Waals surface area contributed by atoms with Crippen LogP contribution in [0.3, 0.4) is 0 Å². The fourth-order valence-electron chi connectivity index (χ4n) is 3.90. The highest BCUT2D eigenvalue weighted by Gasteiger charge is 2.46. The lowest BCUT2D eigenvalue weighted by Crippen LogP contribution is -2.32. The minimum atomic E-state index is -0.717. The second-order valence-electron chi connectivity index (χ2n) is 8.02. The zero-order valence-corrected chi connectivity index (χ0v) is 19.3. The van der Waals surface area contributed by atoms with Crippen molar-refractivity contribution < 1.29 is 24.2 Å². The van der Waals surface area contributed by atoms with Gasteiger partial charge in [0.2, 0.25) is 0 Å². The number of aliphatic hydroxyl groups is 1. The van der Waals surface area contributed by atoms with E-state index in [0.29, 0.717) is 42.2 Å². The fraction of sp³-hybridized carbons (Fsp3) is 0.308. The van der Waals surface area contributed by atoms with Crippen molar-refractivity contribution in [3.63, 3.8) is 0 Å². The van der Waals surface area contributed by atoms with Gasteiger partial charge < -0.3 is 24.4 Å². The van der Waals surface area contributed by atoms with E-state index in [4.69, 9.17) is 9.47 Å². The number of rotatable bonds is 10. The number of carbonyl (C=O) groups is 2. The summed E-state index contributed by atoms with van der Waals surface area (Å²) >= 11 is 0. The Morgan fingerprint density at radius 1 is 1.15 bits per heavy atom. The van der Waals surface area contributed by atoms with E-state index in [0.717, 1.165) is 6.54 Å². The first-order chi connectivity index (χ1) is 15.9. The normalized spacial score (nSPS) is 17.5. The first-order valence-corrected chi connectivity index (χ1v) is 10.8. The van der Waals surface area contributed by atoms with E-state index >= 15 is 0 Å². The first kappa shape index (κ1) is 24.1. The molecule has 1 unspecified atom stereocenters. The van der Waals surface area contributed by atoms with Gasteiger partial charge in [0.05, 0.1) is 24.3 Å². The highest BCUT2D eigenvalue weighted by Crippen LogP contribution is 2.41. The Morgan fingerprint density at radius 3 is 2.48 bits per heavy atom. The third-order valence-corrected chi connectivity index (χ3v) is 5.47. The lowest BCUT2D eigenvalue weighted by atomic mass is 9.95. The molecule has 1 heterocycles. The van der Waals surface area contributed by atoms with Gasteiger partial charge >= 0.3 is 0 Å². The molecule has 174 valence electrons. The fourth-order valence-corrected chi connectivity index (χ4v) is 3.90. The average molecular weight is 451 g/mol. The van der Waals surface area contributed by atoms with E-state index in [-0.39, 0.29) is 11.3 Å². The number of Topliss-reactive ketones (excluding diaryl/α,β-unsaturated/α-hetero) is 1. The lowest BCUT2D eigenvalue weighted by molar-refractivity contribution is -0.139.